The molecular weight excluding hydrogens is 343 g/mol. The van der Waals surface area contributed by atoms with E-state index in [4.69, 9.17) is 11.6 Å². The summed E-state index contributed by atoms with van der Waals surface area (Å²) in [6, 6.07) is 7.90. The van der Waals surface area contributed by atoms with Gasteiger partial charge in [-0.05, 0) is 6.07 Å². The summed E-state index contributed by atoms with van der Waals surface area (Å²) in [7, 11) is 1.20. The minimum Gasteiger partial charge on any atom is -1.00 e. The van der Waals surface area contributed by atoms with Gasteiger partial charge < -0.3 is 27.6 Å². The zero-order valence-electron chi connectivity index (χ0n) is 12.1. The van der Waals surface area contributed by atoms with Crippen LogP contribution in [0.25, 0.3) is 0 Å². The number of anilines is 1. The number of benzene rings is 1. The third-order valence-electron chi connectivity index (χ3n) is 2.87. The smallest absolute Gasteiger partial charge is 0.341 e. The van der Waals surface area contributed by atoms with E-state index in [-0.39, 0.29) is 46.9 Å². The highest BCUT2D eigenvalue weighted by Gasteiger charge is 2.17. The van der Waals surface area contributed by atoms with Gasteiger partial charge >= 0.3 is 5.97 Å². The number of methoxy groups -OCH3 is 1. The highest BCUT2D eigenvalue weighted by atomic mass is 35.5. The number of halogens is 2. The number of amides is 1. The molecule has 23 heavy (non-hydrogen) atoms. The lowest BCUT2D eigenvalue weighted by atomic mass is 10.2. The van der Waals surface area contributed by atoms with Gasteiger partial charge in [-0.3, -0.25) is 4.79 Å². The Balaban J connectivity index is 0.00000264. The van der Waals surface area contributed by atoms with Gasteiger partial charge in [-0.25, -0.2) is 4.79 Å². The molecule has 0 aliphatic rings. The molecule has 0 unspecified atom stereocenters. The minimum absolute atomic E-state index is 0. The van der Waals surface area contributed by atoms with E-state index in [2.05, 4.69) is 10.1 Å². The van der Waals surface area contributed by atoms with Crippen LogP contribution in [0, 0.1) is 0 Å². The number of esters is 1. The Morgan fingerprint density at radius 3 is 2.52 bits per heavy atom. The summed E-state index contributed by atoms with van der Waals surface area (Å²) < 4.78 is 6.21. The second-order valence-electron chi connectivity index (χ2n) is 4.44. The fourth-order valence-corrected chi connectivity index (χ4v) is 2.04. The van der Waals surface area contributed by atoms with Gasteiger partial charge in [-0.1, -0.05) is 17.7 Å². The summed E-state index contributed by atoms with van der Waals surface area (Å²) in [5, 5.41) is 12.5. The summed E-state index contributed by atoms with van der Waals surface area (Å²) in [6.07, 6.45) is 3.50. The SMILES string of the molecule is COC(=O)c1cc(Cl)c(NC(=O)C[n+]2ccccc2)cc1O.[Cl-]. The standard InChI is InChI=1S/C15H13ClN2O4.ClH/c1-22-15(21)10-7-11(16)12(8-13(10)19)17-14(20)9-18-5-3-2-4-6-18;/h2-8H,9H2,1H3,(H-,17,19,20,21);1H. The fourth-order valence-electron chi connectivity index (χ4n) is 1.83. The number of pyridine rings is 1. The van der Waals surface area contributed by atoms with Crippen molar-refractivity contribution in [2.24, 2.45) is 0 Å². The van der Waals surface area contributed by atoms with Crippen molar-refractivity contribution in [3.63, 3.8) is 0 Å². The Labute approximate surface area is 144 Å². The monoisotopic (exact) mass is 356 g/mol. The van der Waals surface area contributed by atoms with Crippen molar-refractivity contribution in [2.75, 3.05) is 12.4 Å². The van der Waals surface area contributed by atoms with E-state index in [0.29, 0.717) is 0 Å². The van der Waals surface area contributed by atoms with Gasteiger partial charge in [0, 0.05) is 18.2 Å². The second kappa shape index (κ2) is 8.36. The molecule has 6 nitrogen and oxygen atoms in total. The number of aromatic nitrogens is 1. The van der Waals surface area contributed by atoms with Gasteiger partial charge in [-0.2, -0.15) is 4.57 Å². The number of hydrogen-bond donors (Lipinski definition) is 2. The van der Waals surface area contributed by atoms with Crippen molar-refractivity contribution in [3.8, 4) is 5.75 Å². The lowest BCUT2D eigenvalue weighted by molar-refractivity contribution is -0.684. The summed E-state index contributed by atoms with van der Waals surface area (Å²) in [5.74, 6) is -1.35. The topological polar surface area (TPSA) is 79.5 Å². The van der Waals surface area contributed by atoms with Crippen LogP contribution in [0.5, 0.6) is 5.75 Å². The van der Waals surface area contributed by atoms with E-state index in [1.165, 1.54) is 19.2 Å². The number of nitrogens with zero attached hydrogens (tertiary/aromatic N) is 1. The molecule has 0 saturated heterocycles. The molecule has 0 spiro atoms. The predicted octanol–water partition coefficient (Wildman–Crippen LogP) is -1.24. The van der Waals surface area contributed by atoms with Crippen LogP contribution in [-0.4, -0.2) is 24.1 Å². The molecule has 2 aromatic rings. The first kappa shape index (κ1) is 18.7. The first-order valence-corrected chi connectivity index (χ1v) is 6.74. The van der Waals surface area contributed by atoms with Gasteiger partial charge in [0.25, 0.3) is 5.91 Å². The number of phenolic OH excluding ortho intramolecular Hbond substituents is 1. The summed E-state index contributed by atoms with van der Waals surface area (Å²) in [5.41, 5.74) is 0.149. The zero-order valence-corrected chi connectivity index (χ0v) is 13.6. The van der Waals surface area contributed by atoms with Gasteiger partial charge in [-0.15, -0.1) is 0 Å². The van der Waals surface area contributed by atoms with E-state index in [1.54, 1.807) is 29.1 Å². The average molecular weight is 357 g/mol. The molecule has 1 aromatic heterocycles. The van der Waals surface area contributed by atoms with Crippen molar-refractivity contribution in [1.82, 2.24) is 0 Å². The molecule has 0 radical (unpaired) electrons. The number of hydrogen-bond acceptors (Lipinski definition) is 4. The second-order valence-corrected chi connectivity index (χ2v) is 4.84. The Hall–Kier alpha value is -2.31. The summed E-state index contributed by atoms with van der Waals surface area (Å²) in [4.78, 5) is 23.4. The molecular formula is C15H14Cl2N2O4. The largest absolute Gasteiger partial charge is 1.00 e. The number of phenols is 1. The molecule has 1 amide bonds. The number of ether oxygens (including phenoxy) is 1. The number of carbonyl (C=O) groups excluding carboxylic acids is 2. The van der Waals surface area contributed by atoms with E-state index in [9.17, 15) is 14.7 Å². The van der Waals surface area contributed by atoms with Crippen LogP contribution in [0.1, 0.15) is 10.4 Å². The maximum absolute atomic E-state index is 12.0. The molecule has 0 bridgehead atoms. The molecule has 2 rings (SSSR count). The molecule has 0 saturated carbocycles. The van der Waals surface area contributed by atoms with Crippen LogP contribution in [0.2, 0.25) is 5.02 Å². The Bertz CT molecular complexity index is 708. The first-order chi connectivity index (χ1) is 10.5. The van der Waals surface area contributed by atoms with Gasteiger partial charge in [0.15, 0.2) is 12.4 Å². The highest BCUT2D eigenvalue weighted by Crippen LogP contribution is 2.30. The van der Waals surface area contributed by atoms with Crippen LogP contribution in [0.15, 0.2) is 42.7 Å². The van der Waals surface area contributed by atoms with Crippen molar-refractivity contribution in [2.45, 2.75) is 6.54 Å². The van der Waals surface area contributed by atoms with Crippen LogP contribution in [0.4, 0.5) is 5.69 Å². The minimum atomic E-state index is -0.711. The molecule has 0 aliphatic heterocycles. The molecule has 1 aromatic carbocycles. The van der Waals surface area contributed by atoms with Gasteiger partial charge in [0.1, 0.15) is 11.3 Å². The Kier molecular flexibility index (Phi) is 6.81. The quantitative estimate of drug-likeness (QED) is 0.530. The molecule has 8 heteroatoms. The fraction of sp³-hybridized carbons (Fsp3) is 0.133. The van der Waals surface area contributed by atoms with E-state index in [0.717, 1.165) is 0 Å². The lowest BCUT2D eigenvalue weighted by Gasteiger charge is -2.09. The van der Waals surface area contributed by atoms with Crippen molar-refractivity contribution >= 4 is 29.2 Å². The number of rotatable bonds is 4. The van der Waals surface area contributed by atoms with Crippen molar-refractivity contribution in [1.29, 1.82) is 0 Å². The number of carbonyl (C=O) groups is 2. The first-order valence-electron chi connectivity index (χ1n) is 6.36. The average Bonchev–Trinajstić information content (AvgIpc) is 2.50. The normalized spacial score (nSPS) is 9.65. The third kappa shape index (κ3) is 4.84. The third-order valence-corrected chi connectivity index (χ3v) is 3.18. The zero-order chi connectivity index (χ0) is 16.1. The number of aromatic hydroxyl groups is 1. The van der Waals surface area contributed by atoms with E-state index < -0.39 is 5.97 Å². The van der Waals surface area contributed by atoms with Crippen LogP contribution >= 0.6 is 11.6 Å². The molecule has 0 fully saturated rings. The lowest BCUT2D eigenvalue weighted by Crippen LogP contribution is -3.00. The highest BCUT2D eigenvalue weighted by molar-refractivity contribution is 6.34. The molecule has 0 atom stereocenters. The summed E-state index contributed by atoms with van der Waals surface area (Å²) >= 11 is 6.01. The van der Waals surface area contributed by atoms with Crippen molar-refractivity contribution < 1.29 is 36.4 Å². The summed E-state index contributed by atoms with van der Waals surface area (Å²) in [6.45, 7) is 0.0939. The van der Waals surface area contributed by atoms with E-state index >= 15 is 0 Å². The maximum Gasteiger partial charge on any atom is 0.341 e. The predicted molar refractivity (Wildman–Crippen MR) is 79.7 cm³/mol. The van der Waals surface area contributed by atoms with Crippen LogP contribution in [-0.2, 0) is 16.1 Å². The Morgan fingerprint density at radius 1 is 1.26 bits per heavy atom. The maximum atomic E-state index is 12.0. The Morgan fingerprint density at radius 2 is 1.91 bits per heavy atom. The molecule has 2 N–H and O–H groups in total. The van der Waals surface area contributed by atoms with Gasteiger partial charge in [0.2, 0.25) is 6.54 Å². The molecule has 1 heterocycles. The van der Waals surface area contributed by atoms with Crippen LogP contribution in [0.3, 0.4) is 0 Å². The van der Waals surface area contributed by atoms with Crippen LogP contribution < -0.4 is 22.3 Å². The van der Waals surface area contributed by atoms with Crippen molar-refractivity contribution in [3.05, 3.63) is 53.3 Å². The van der Waals surface area contributed by atoms with E-state index in [1.807, 2.05) is 6.07 Å². The molecule has 122 valence electrons. The number of nitrogens with one attached hydrogen (secondary N) is 1. The molecule has 0 aliphatic carbocycles. The van der Waals surface area contributed by atoms with Gasteiger partial charge in [0.05, 0.1) is 17.8 Å².